The SMILES string of the molecule is NC(=O)CCCCCCCCCCCCCCCCC=O. The van der Waals surface area contributed by atoms with E-state index in [1.807, 2.05) is 0 Å². The molecule has 0 spiro atoms. The summed E-state index contributed by atoms with van der Waals surface area (Å²) in [6, 6.07) is 0. The highest BCUT2D eigenvalue weighted by molar-refractivity contribution is 5.73. The topological polar surface area (TPSA) is 60.2 Å². The maximum Gasteiger partial charge on any atom is 0.217 e. The molecule has 0 saturated carbocycles. The van der Waals surface area contributed by atoms with Crippen molar-refractivity contribution < 1.29 is 9.59 Å². The normalized spacial score (nSPS) is 10.7. The van der Waals surface area contributed by atoms with Gasteiger partial charge in [-0.1, -0.05) is 77.0 Å². The molecule has 3 heteroatoms. The van der Waals surface area contributed by atoms with E-state index in [4.69, 9.17) is 5.73 Å². The van der Waals surface area contributed by atoms with E-state index in [0.29, 0.717) is 6.42 Å². The van der Waals surface area contributed by atoms with Crippen molar-refractivity contribution in [3.05, 3.63) is 0 Å². The minimum absolute atomic E-state index is 0.168. The lowest BCUT2D eigenvalue weighted by molar-refractivity contribution is -0.118. The number of aldehydes is 1. The summed E-state index contributed by atoms with van der Waals surface area (Å²) in [5, 5.41) is 0. The molecule has 0 radical (unpaired) electrons. The predicted molar refractivity (Wildman–Crippen MR) is 89.1 cm³/mol. The van der Waals surface area contributed by atoms with Gasteiger partial charge in [0.15, 0.2) is 0 Å². The summed E-state index contributed by atoms with van der Waals surface area (Å²) in [5.41, 5.74) is 5.10. The quantitative estimate of drug-likeness (QED) is 0.306. The van der Waals surface area contributed by atoms with Crippen molar-refractivity contribution >= 4 is 12.2 Å². The summed E-state index contributed by atoms with van der Waals surface area (Å²) >= 11 is 0. The molecule has 21 heavy (non-hydrogen) atoms. The van der Waals surface area contributed by atoms with Gasteiger partial charge in [0.1, 0.15) is 6.29 Å². The van der Waals surface area contributed by atoms with Crippen molar-refractivity contribution in [1.29, 1.82) is 0 Å². The first-order valence-corrected chi connectivity index (χ1v) is 8.99. The van der Waals surface area contributed by atoms with Crippen LogP contribution in [0.5, 0.6) is 0 Å². The second-order valence-corrected chi connectivity index (χ2v) is 6.12. The van der Waals surface area contributed by atoms with Gasteiger partial charge in [-0.2, -0.15) is 0 Å². The highest BCUT2D eigenvalue weighted by atomic mass is 16.1. The monoisotopic (exact) mass is 297 g/mol. The molecule has 0 bridgehead atoms. The van der Waals surface area contributed by atoms with Crippen LogP contribution in [0.2, 0.25) is 0 Å². The fraction of sp³-hybridized carbons (Fsp3) is 0.889. The van der Waals surface area contributed by atoms with Crippen LogP contribution in [0.1, 0.15) is 103 Å². The van der Waals surface area contributed by atoms with E-state index in [-0.39, 0.29) is 5.91 Å². The van der Waals surface area contributed by atoms with E-state index in [0.717, 1.165) is 32.0 Å². The molecule has 0 rings (SSSR count). The molecule has 0 aromatic rings. The van der Waals surface area contributed by atoms with Gasteiger partial charge in [-0.3, -0.25) is 4.79 Å². The second kappa shape index (κ2) is 17.2. The molecular weight excluding hydrogens is 262 g/mol. The second-order valence-electron chi connectivity index (χ2n) is 6.12. The van der Waals surface area contributed by atoms with E-state index < -0.39 is 0 Å². The van der Waals surface area contributed by atoms with Crippen LogP contribution >= 0.6 is 0 Å². The van der Waals surface area contributed by atoms with Crippen LogP contribution in [0.4, 0.5) is 0 Å². The van der Waals surface area contributed by atoms with E-state index in [9.17, 15) is 9.59 Å². The third kappa shape index (κ3) is 19.1. The standard InChI is InChI=1S/C18H35NO2/c19-18(21)16-14-12-10-8-6-4-2-1-3-5-7-9-11-13-15-17-20/h17H,1-16H2,(H2,19,21). The number of amides is 1. The molecule has 0 fully saturated rings. The van der Waals surface area contributed by atoms with Gasteiger partial charge in [-0.05, 0) is 12.8 Å². The maximum atomic E-state index is 10.6. The zero-order valence-corrected chi connectivity index (χ0v) is 13.8. The third-order valence-electron chi connectivity index (χ3n) is 4.00. The van der Waals surface area contributed by atoms with Gasteiger partial charge in [0.25, 0.3) is 0 Å². The lowest BCUT2D eigenvalue weighted by Gasteiger charge is -2.03. The van der Waals surface area contributed by atoms with Gasteiger partial charge in [-0.25, -0.2) is 0 Å². The summed E-state index contributed by atoms with van der Waals surface area (Å²) < 4.78 is 0. The Labute approximate surface area is 131 Å². The van der Waals surface area contributed by atoms with Crippen LogP contribution in [-0.4, -0.2) is 12.2 Å². The summed E-state index contributed by atoms with van der Waals surface area (Å²) in [6.07, 6.45) is 20.0. The van der Waals surface area contributed by atoms with Crippen LogP contribution in [0.3, 0.4) is 0 Å². The minimum atomic E-state index is -0.168. The fourth-order valence-electron chi connectivity index (χ4n) is 2.65. The number of carbonyl (C=O) groups excluding carboxylic acids is 2. The Morgan fingerprint density at radius 3 is 1.29 bits per heavy atom. The molecule has 2 N–H and O–H groups in total. The van der Waals surface area contributed by atoms with Gasteiger partial charge in [0.2, 0.25) is 5.91 Å². The van der Waals surface area contributed by atoms with Gasteiger partial charge >= 0.3 is 0 Å². The number of primary amides is 1. The van der Waals surface area contributed by atoms with Crippen molar-refractivity contribution in [2.24, 2.45) is 5.73 Å². The Morgan fingerprint density at radius 1 is 0.619 bits per heavy atom. The van der Waals surface area contributed by atoms with E-state index in [1.165, 1.54) is 70.6 Å². The number of nitrogens with two attached hydrogens (primary N) is 1. The molecule has 0 aromatic carbocycles. The van der Waals surface area contributed by atoms with E-state index >= 15 is 0 Å². The summed E-state index contributed by atoms with van der Waals surface area (Å²) in [4.78, 5) is 20.7. The Kier molecular flexibility index (Phi) is 16.5. The third-order valence-corrected chi connectivity index (χ3v) is 4.00. The highest BCUT2D eigenvalue weighted by Gasteiger charge is 1.96. The lowest BCUT2D eigenvalue weighted by atomic mass is 10.0. The Morgan fingerprint density at radius 2 is 0.952 bits per heavy atom. The van der Waals surface area contributed by atoms with Crippen LogP contribution in [0, 0.1) is 0 Å². The zero-order chi connectivity index (χ0) is 15.6. The molecule has 1 amide bonds. The van der Waals surface area contributed by atoms with Gasteiger partial charge in [-0.15, -0.1) is 0 Å². The van der Waals surface area contributed by atoms with Crippen LogP contribution in [0.25, 0.3) is 0 Å². The summed E-state index contributed by atoms with van der Waals surface area (Å²) in [6.45, 7) is 0. The molecule has 0 aromatic heterocycles. The lowest BCUT2D eigenvalue weighted by Crippen LogP contribution is -2.09. The largest absolute Gasteiger partial charge is 0.370 e. The molecule has 0 heterocycles. The first kappa shape index (κ1) is 20.1. The molecule has 3 nitrogen and oxygen atoms in total. The number of unbranched alkanes of at least 4 members (excludes halogenated alkanes) is 14. The average molecular weight is 297 g/mol. The minimum Gasteiger partial charge on any atom is -0.370 e. The van der Waals surface area contributed by atoms with Crippen molar-refractivity contribution in [3.63, 3.8) is 0 Å². The maximum absolute atomic E-state index is 10.6. The Hall–Kier alpha value is -0.860. The Balaban J connectivity index is 2.96. The first-order chi connectivity index (χ1) is 10.3. The van der Waals surface area contributed by atoms with Crippen LogP contribution in [-0.2, 0) is 9.59 Å². The van der Waals surface area contributed by atoms with Crippen molar-refractivity contribution in [2.45, 2.75) is 103 Å². The molecule has 0 unspecified atom stereocenters. The molecular formula is C18H35NO2. The average Bonchev–Trinajstić information content (AvgIpc) is 2.46. The van der Waals surface area contributed by atoms with Crippen molar-refractivity contribution in [3.8, 4) is 0 Å². The number of hydrogen-bond acceptors (Lipinski definition) is 2. The molecule has 0 aliphatic carbocycles. The number of hydrogen-bond donors (Lipinski definition) is 1. The first-order valence-electron chi connectivity index (χ1n) is 8.99. The van der Waals surface area contributed by atoms with E-state index in [2.05, 4.69) is 0 Å². The van der Waals surface area contributed by atoms with Gasteiger partial charge < -0.3 is 10.5 Å². The molecule has 0 saturated heterocycles. The highest BCUT2D eigenvalue weighted by Crippen LogP contribution is 2.13. The number of rotatable bonds is 17. The molecule has 0 aliphatic rings. The zero-order valence-electron chi connectivity index (χ0n) is 13.8. The van der Waals surface area contributed by atoms with E-state index in [1.54, 1.807) is 0 Å². The summed E-state index contributed by atoms with van der Waals surface area (Å²) in [5.74, 6) is -0.168. The van der Waals surface area contributed by atoms with Gasteiger partial charge in [0.05, 0.1) is 0 Å². The molecule has 0 atom stereocenters. The predicted octanol–water partition coefficient (Wildman–Crippen LogP) is 4.91. The van der Waals surface area contributed by atoms with Crippen molar-refractivity contribution in [2.75, 3.05) is 0 Å². The molecule has 0 aliphatic heterocycles. The summed E-state index contributed by atoms with van der Waals surface area (Å²) in [7, 11) is 0. The van der Waals surface area contributed by atoms with Crippen LogP contribution in [0.15, 0.2) is 0 Å². The fourth-order valence-corrected chi connectivity index (χ4v) is 2.65. The van der Waals surface area contributed by atoms with Gasteiger partial charge in [0, 0.05) is 12.8 Å². The molecule has 124 valence electrons. The van der Waals surface area contributed by atoms with Crippen molar-refractivity contribution in [1.82, 2.24) is 0 Å². The van der Waals surface area contributed by atoms with Crippen LogP contribution < -0.4 is 5.73 Å². The number of carbonyl (C=O) groups is 2. The smallest absolute Gasteiger partial charge is 0.217 e. The Bertz CT molecular complexity index is 241.